The second-order valence-corrected chi connectivity index (χ2v) is 8.47. The van der Waals surface area contributed by atoms with Crippen LogP contribution < -0.4 is 10.6 Å². The monoisotopic (exact) mass is 417 g/mol. The van der Waals surface area contributed by atoms with Gasteiger partial charge in [0, 0.05) is 31.0 Å². The molecule has 2 unspecified atom stereocenters. The van der Waals surface area contributed by atoms with Crippen LogP contribution in [0.5, 0.6) is 0 Å². The molecule has 1 saturated heterocycles. The molecule has 2 heterocycles. The van der Waals surface area contributed by atoms with E-state index in [1.807, 2.05) is 30.3 Å². The Balaban J connectivity index is 1.21. The van der Waals surface area contributed by atoms with Crippen molar-refractivity contribution in [3.63, 3.8) is 0 Å². The largest absolute Gasteiger partial charge is 0.352 e. The van der Waals surface area contributed by atoms with Crippen LogP contribution in [0.2, 0.25) is 0 Å². The molecule has 2 aliphatic heterocycles. The van der Waals surface area contributed by atoms with Crippen molar-refractivity contribution in [3.05, 3.63) is 70.8 Å². The van der Waals surface area contributed by atoms with Crippen molar-refractivity contribution in [2.24, 2.45) is 5.92 Å². The van der Waals surface area contributed by atoms with Crippen LogP contribution in [0, 0.1) is 5.92 Å². The van der Waals surface area contributed by atoms with Gasteiger partial charge in [0.25, 0.3) is 5.91 Å². The first-order valence-electron chi connectivity index (χ1n) is 10.6. The van der Waals surface area contributed by atoms with Gasteiger partial charge < -0.3 is 10.2 Å². The second kappa shape index (κ2) is 7.65. The highest BCUT2D eigenvalue weighted by atomic mass is 16.2. The Morgan fingerprint density at radius 3 is 2.68 bits per heavy atom. The Bertz CT molecular complexity index is 1080. The van der Waals surface area contributed by atoms with Crippen LogP contribution in [0.1, 0.15) is 52.2 Å². The molecule has 1 aliphatic carbocycles. The Morgan fingerprint density at radius 2 is 1.90 bits per heavy atom. The normalized spacial score (nSPS) is 24.6. The molecule has 158 valence electrons. The summed E-state index contributed by atoms with van der Waals surface area (Å²) < 4.78 is 0. The lowest BCUT2D eigenvalue weighted by Gasteiger charge is -2.29. The maximum absolute atomic E-state index is 12.9. The summed E-state index contributed by atoms with van der Waals surface area (Å²) >= 11 is 0. The van der Waals surface area contributed by atoms with E-state index in [9.17, 15) is 19.2 Å². The first-order valence-corrected chi connectivity index (χ1v) is 10.6. The summed E-state index contributed by atoms with van der Waals surface area (Å²) in [6.45, 7) is 0.712. The average molecular weight is 417 g/mol. The number of hydrogen-bond acceptors (Lipinski definition) is 4. The molecular weight excluding hydrogens is 394 g/mol. The van der Waals surface area contributed by atoms with Crippen molar-refractivity contribution in [1.29, 1.82) is 0 Å². The number of nitrogens with one attached hydrogen (secondary N) is 2. The van der Waals surface area contributed by atoms with E-state index in [0.29, 0.717) is 25.1 Å². The first-order chi connectivity index (χ1) is 15.0. The molecule has 3 aliphatic rings. The molecule has 0 aromatic heterocycles. The highest BCUT2D eigenvalue weighted by Crippen LogP contribution is 2.47. The van der Waals surface area contributed by atoms with E-state index in [0.717, 1.165) is 17.5 Å². The number of nitrogens with zero attached hydrogens (tertiary/aromatic N) is 1. The van der Waals surface area contributed by atoms with Gasteiger partial charge in [-0.2, -0.15) is 0 Å². The van der Waals surface area contributed by atoms with Crippen molar-refractivity contribution >= 4 is 23.6 Å². The van der Waals surface area contributed by atoms with Crippen LogP contribution in [0.3, 0.4) is 0 Å². The van der Waals surface area contributed by atoms with Gasteiger partial charge in [-0.3, -0.25) is 24.5 Å². The van der Waals surface area contributed by atoms with Gasteiger partial charge >= 0.3 is 0 Å². The minimum absolute atomic E-state index is 0.00137. The highest BCUT2D eigenvalue weighted by Gasteiger charge is 2.43. The third-order valence-electron chi connectivity index (χ3n) is 6.41. The first kappa shape index (κ1) is 19.5. The predicted molar refractivity (Wildman–Crippen MR) is 112 cm³/mol. The summed E-state index contributed by atoms with van der Waals surface area (Å²) in [4.78, 5) is 50.5. The van der Waals surface area contributed by atoms with E-state index < -0.39 is 11.9 Å². The molecule has 0 bridgehead atoms. The van der Waals surface area contributed by atoms with Crippen molar-refractivity contribution in [2.75, 3.05) is 0 Å². The molecule has 5 rings (SSSR count). The van der Waals surface area contributed by atoms with E-state index in [-0.39, 0.29) is 36.0 Å². The summed E-state index contributed by atoms with van der Waals surface area (Å²) in [5.74, 6) is -0.600. The molecule has 3 atom stereocenters. The van der Waals surface area contributed by atoms with Crippen molar-refractivity contribution in [1.82, 2.24) is 15.5 Å². The lowest BCUT2D eigenvalue weighted by molar-refractivity contribution is -0.137. The second-order valence-electron chi connectivity index (χ2n) is 8.47. The molecule has 2 aromatic rings. The zero-order valence-electron chi connectivity index (χ0n) is 17.0. The van der Waals surface area contributed by atoms with Gasteiger partial charge in [-0.25, -0.2) is 0 Å². The third kappa shape index (κ3) is 3.71. The molecule has 2 aromatic carbocycles. The van der Waals surface area contributed by atoms with Crippen LogP contribution in [0.15, 0.2) is 48.5 Å². The van der Waals surface area contributed by atoms with Gasteiger partial charge in [0.15, 0.2) is 0 Å². The smallest absolute Gasteiger partial charge is 0.255 e. The van der Waals surface area contributed by atoms with Crippen molar-refractivity contribution in [2.45, 2.75) is 44.3 Å². The Hall–Kier alpha value is -3.48. The van der Waals surface area contributed by atoms with E-state index in [1.54, 1.807) is 6.07 Å². The van der Waals surface area contributed by atoms with Gasteiger partial charge in [0.05, 0.1) is 0 Å². The maximum atomic E-state index is 12.9. The Kier molecular flexibility index (Phi) is 4.81. The van der Waals surface area contributed by atoms with Crippen LogP contribution in [0.4, 0.5) is 0 Å². The lowest BCUT2D eigenvalue weighted by atomic mass is 10.0. The number of hydrogen-bond donors (Lipinski definition) is 2. The van der Waals surface area contributed by atoms with Crippen LogP contribution in [0.25, 0.3) is 0 Å². The summed E-state index contributed by atoms with van der Waals surface area (Å²) in [6, 6.07) is 15.0. The van der Waals surface area contributed by atoms with Crippen LogP contribution in [-0.4, -0.2) is 34.6 Å². The SMILES string of the molecule is O=C1CCC(N2Cc3ccc(CNC(=O)[C@@H]4CC4c4ccccc4)cc3C2=O)C(=O)N1. The number of benzene rings is 2. The zero-order chi connectivity index (χ0) is 21.5. The van der Waals surface area contributed by atoms with E-state index >= 15 is 0 Å². The topological polar surface area (TPSA) is 95.6 Å². The molecule has 2 N–H and O–H groups in total. The number of imide groups is 1. The quantitative estimate of drug-likeness (QED) is 0.726. The zero-order valence-corrected chi connectivity index (χ0v) is 17.0. The molecule has 2 fully saturated rings. The minimum Gasteiger partial charge on any atom is -0.352 e. The molecule has 7 heteroatoms. The maximum Gasteiger partial charge on any atom is 0.255 e. The molecule has 31 heavy (non-hydrogen) atoms. The standard InChI is InChI=1S/C24H23N3O4/c28-21-9-8-20(23(30)26-21)27-13-16-7-6-14(10-18(16)24(27)31)12-25-22(29)19-11-17(19)15-4-2-1-3-5-15/h1-7,10,17,19-20H,8-9,11-13H2,(H,25,29)(H,26,28,30)/t17?,19-,20?/m1/s1. The van der Waals surface area contributed by atoms with Gasteiger partial charge in [-0.1, -0.05) is 42.5 Å². The fourth-order valence-electron chi connectivity index (χ4n) is 4.59. The Labute approximate surface area is 179 Å². The number of carbonyl (C=O) groups is 4. The van der Waals surface area contributed by atoms with E-state index in [1.165, 1.54) is 10.5 Å². The predicted octanol–water partition coefficient (Wildman–Crippen LogP) is 1.87. The number of carbonyl (C=O) groups excluding carboxylic acids is 4. The van der Waals surface area contributed by atoms with Crippen LogP contribution >= 0.6 is 0 Å². The number of amides is 4. The average Bonchev–Trinajstić information content (AvgIpc) is 3.52. The fourth-order valence-corrected chi connectivity index (χ4v) is 4.59. The molecule has 0 radical (unpaired) electrons. The van der Waals surface area contributed by atoms with Gasteiger partial charge in [-0.15, -0.1) is 0 Å². The number of rotatable bonds is 5. The molecule has 7 nitrogen and oxygen atoms in total. The van der Waals surface area contributed by atoms with Gasteiger partial charge in [0.2, 0.25) is 17.7 Å². The van der Waals surface area contributed by atoms with E-state index in [2.05, 4.69) is 22.8 Å². The van der Waals surface area contributed by atoms with E-state index in [4.69, 9.17) is 0 Å². The fraction of sp³-hybridized carbons (Fsp3) is 0.333. The van der Waals surface area contributed by atoms with Crippen molar-refractivity contribution < 1.29 is 19.2 Å². The molecular formula is C24H23N3O4. The number of piperidine rings is 1. The molecule has 1 saturated carbocycles. The highest BCUT2D eigenvalue weighted by molar-refractivity contribution is 6.05. The number of fused-ring (bicyclic) bond motifs is 1. The van der Waals surface area contributed by atoms with Crippen molar-refractivity contribution in [3.8, 4) is 0 Å². The van der Waals surface area contributed by atoms with Gasteiger partial charge in [-0.05, 0) is 41.5 Å². The minimum atomic E-state index is -0.620. The summed E-state index contributed by atoms with van der Waals surface area (Å²) in [5, 5.41) is 5.30. The summed E-state index contributed by atoms with van der Waals surface area (Å²) in [5.41, 5.74) is 3.46. The summed E-state index contributed by atoms with van der Waals surface area (Å²) in [6.07, 6.45) is 1.44. The molecule has 4 amide bonds. The molecule has 0 spiro atoms. The summed E-state index contributed by atoms with van der Waals surface area (Å²) in [7, 11) is 0. The Morgan fingerprint density at radius 1 is 1.10 bits per heavy atom. The lowest BCUT2D eigenvalue weighted by Crippen LogP contribution is -2.52. The van der Waals surface area contributed by atoms with Gasteiger partial charge in [0.1, 0.15) is 6.04 Å². The third-order valence-corrected chi connectivity index (χ3v) is 6.41. The van der Waals surface area contributed by atoms with Crippen LogP contribution in [-0.2, 0) is 27.5 Å².